The highest BCUT2D eigenvalue weighted by Crippen LogP contribution is 2.48. The Morgan fingerprint density at radius 2 is 2.00 bits per heavy atom. The first kappa shape index (κ1) is 19.9. The third-order valence-corrected chi connectivity index (χ3v) is 5.84. The normalized spacial score (nSPS) is 21.7. The van der Waals surface area contributed by atoms with Crippen LogP contribution in [0.25, 0.3) is 0 Å². The zero-order valence-corrected chi connectivity index (χ0v) is 17.9. The second-order valence-electron chi connectivity index (χ2n) is 8.09. The number of esters is 1. The predicted molar refractivity (Wildman–Crippen MR) is 109 cm³/mol. The smallest absolute Gasteiger partial charge is 0.336 e. The Morgan fingerprint density at radius 1 is 1.30 bits per heavy atom. The van der Waals surface area contributed by atoms with E-state index in [2.05, 4.69) is 35.1 Å². The lowest BCUT2D eigenvalue weighted by molar-refractivity contribution is -0.139. The highest BCUT2D eigenvalue weighted by atomic mass is 79.9. The second kappa shape index (κ2) is 7.63. The van der Waals surface area contributed by atoms with Crippen LogP contribution in [0.1, 0.15) is 58.4 Å². The largest absolute Gasteiger partial charge is 0.462 e. The minimum absolute atomic E-state index is 0.0953. The summed E-state index contributed by atoms with van der Waals surface area (Å²) in [6, 6.07) is 7.78. The molecule has 27 heavy (non-hydrogen) atoms. The zero-order chi connectivity index (χ0) is 19.8. The Morgan fingerprint density at radius 3 is 2.67 bits per heavy atom. The van der Waals surface area contributed by atoms with Crippen molar-refractivity contribution >= 4 is 27.7 Å². The number of rotatable bonds is 4. The molecule has 4 nitrogen and oxygen atoms in total. The fourth-order valence-electron chi connectivity index (χ4n) is 4.00. The first-order valence-corrected chi connectivity index (χ1v) is 10.2. The van der Waals surface area contributed by atoms with Crippen LogP contribution in [0.4, 0.5) is 0 Å². The Bertz CT molecular complexity index is 851. The van der Waals surface area contributed by atoms with Crippen LogP contribution in [-0.4, -0.2) is 18.4 Å². The molecule has 0 fully saturated rings. The molecule has 1 aliphatic heterocycles. The number of carbonyl (C=O) groups excluding carboxylic acids is 2. The van der Waals surface area contributed by atoms with Crippen molar-refractivity contribution in [2.75, 3.05) is 6.61 Å². The number of ketones is 1. The van der Waals surface area contributed by atoms with E-state index in [9.17, 15) is 9.59 Å². The summed E-state index contributed by atoms with van der Waals surface area (Å²) in [6.07, 6.45) is 2.01. The number of allylic oxidation sites excluding steroid dienone is 3. The van der Waals surface area contributed by atoms with Crippen molar-refractivity contribution in [1.29, 1.82) is 0 Å². The SMILES string of the molecule is CCCOC(=O)C1=C(C)NC2=C(C(=O)CC(C)(C)C2)[C@@H]1c1ccccc1Br. The van der Waals surface area contributed by atoms with E-state index < -0.39 is 5.92 Å². The van der Waals surface area contributed by atoms with Crippen LogP contribution >= 0.6 is 15.9 Å². The summed E-state index contributed by atoms with van der Waals surface area (Å²) in [5.74, 6) is -0.667. The van der Waals surface area contributed by atoms with Gasteiger partial charge in [0, 0.05) is 33.8 Å². The number of Topliss-reactive ketones (excluding diaryl/α,β-unsaturated/α-hetero) is 1. The number of ether oxygens (including phenoxy) is 1. The van der Waals surface area contributed by atoms with E-state index in [1.807, 2.05) is 38.1 Å². The average Bonchev–Trinajstić information content (AvgIpc) is 2.57. The molecule has 2 aliphatic rings. The van der Waals surface area contributed by atoms with E-state index >= 15 is 0 Å². The van der Waals surface area contributed by atoms with Crippen LogP contribution in [0.2, 0.25) is 0 Å². The van der Waals surface area contributed by atoms with E-state index in [1.165, 1.54) is 0 Å². The Kier molecular flexibility index (Phi) is 5.61. The third-order valence-electron chi connectivity index (χ3n) is 5.11. The molecule has 0 spiro atoms. The van der Waals surface area contributed by atoms with Crippen molar-refractivity contribution in [2.24, 2.45) is 5.41 Å². The number of benzene rings is 1. The Labute approximate surface area is 169 Å². The van der Waals surface area contributed by atoms with E-state index in [1.54, 1.807) is 0 Å². The van der Waals surface area contributed by atoms with E-state index in [-0.39, 0.29) is 17.2 Å². The molecule has 1 atom stereocenters. The Hall–Kier alpha value is -1.88. The standard InChI is InChI=1S/C22H26BrNO3/c1-5-10-27-21(26)18-13(2)24-16-11-22(3,4)12-17(25)20(16)19(18)14-8-6-7-9-15(14)23/h6-9,19,24H,5,10-12H2,1-4H3/t19-/m1/s1. The number of carbonyl (C=O) groups is 2. The summed E-state index contributed by atoms with van der Waals surface area (Å²) < 4.78 is 6.35. The lowest BCUT2D eigenvalue weighted by atomic mass is 9.68. The molecule has 0 saturated carbocycles. The molecule has 1 aromatic rings. The van der Waals surface area contributed by atoms with Gasteiger partial charge in [0.1, 0.15) is 0 Å². The molecule has 0 bridgehead atoms. The summed E-state index contributed by atoms with van der Waals surface area (Å²) in [6.45, 7) is 8.43. The molecule has 0 radical (unpaired) electrons. The molecule has 1 heterocycles. The summed E-state index contributed by atoms with van der Waals surface area (Å²) in [4.78, 5) is 26.0. The van der Waals surface area contributed by atoms with E-state index in [0.717, 1.165) is 34.3 Å². The molecule has 0 unspecified atom stereocenters. The number of dihydropyridines is 1. The van der Waals surface area contributed by atoms with Crippen LogP contribution in [-0.2, 0) is 14.3 Å². The molecule has 1 aliphatic carbocycles. The van der Waals surface area contributed by atoms with Crippen molar-refractivity contribution in [2.45, 2.75) is 52.9 Å². The van der Waals surface area contributed by atoms with E-state index in [4.69, 9.17) is 4.74 Å². The molecule has 1 N–H and O–H groups in total. The number of hydrogen-bond acceptors (Lipinski definition) is 4. The second-order valence-corrected chi connectivity index (χ2v) is 8.94. The minimum atomic E-state index is -0.412. The monoisotopic (exact) mass is 431 g/mol. The zero-order valence-electron chi connectivity index (χ0n) is 16.3. The molecule has 1 aromatic carbocycles. The van der Waals surface area contributed by atoms with Gasteiger partial charge in [-0.1, -0.05) is 54.9 Å². The van der Waals surface area contributed by atoms with Crippen molar-refractivity contribution in [3.8, 4) is 0 Å². The molecular weight excluding hydrogens is 406 g/mol. The first-order valence-electron chi connectivity index (χ1n) is 9.40. The van der Waals surface area contributed by atoms with Gasteiger partial charge in [0.15, 0.2) is 5.78 Å². The van der Waals surface area contributed by atoms with Crippen LogP contribution in [0.15, 0.2) is 51.3 Å². The molecule has 144 valence electrons. The van der Waals surface area contributed by atoms with Crippen LogP contribution in [0.5, 0.6) is 0 Å². The van der Waals surface area contributed by atoms with Crippen LogP contribution in [0.3, 0.4) is 0 Å². The first-order chi connectivity index (χ1) is 12.7. The molecule has 5 heteroatoms. The molecule has 0 aromatic heterocycles. The third kappa shape index (κ3) is 3.88. The van der Waals surface area contributed by atoms with Gasteiger partial charge in [-0.2, -0.15) is 0 Å². The van der Waals surface area contributed by atoms with Gasteiger partial charge in [-0.3, -0.25) is 4.79 Å². The van der Waals surface area contributed by atoms with Gasteiger partial charge >= 0.3 is 5.97 Å². The molecule has 0 saturated heterocycles. The highest BCUT2D eigenvalue weighted by Gasteiger charge is 2.43. The minimum Gasteiger partial charge on any atom is -0.462 e. The molecule has 3 rings (SSSR count). The van der Waals surface area contributed by atoms with Gasteiger partial charge in [0.2, 0.25) is 0 Å². The predicted octanol–water partition coefficient (Wildman–Crippen LogP) is 5.01. The van der Waals surface area contributed by atoms with Crippen molar-refractivity contribution < 1.29 is 14.3 Å². The average molecular weight is 432 g/mol. The van der Waals surface area contributed by atoms with Crippen LogP contribution < -0.4 is 5.32 Å². The summed E-state index contributed by atoms with van der Waals surface area (Å²) in [5.41, 5.74) is 3.75. The van der Waals surface area contributed by atoms with Crippen molar-refractivity contribution in [3.63, 3.8) is 0 Å². The summed E-state index contributed by atoms with van der Waals surface area (Å²) in [5, 5.41) is 3.35. The number of nitrogens with one attached hydrogen (secondary N) is 1. The highest BCUT2D eigenvalue weighted by molar-refractivity contribution is 9.10. The maximum Gasteiger partial charge on any atom is 0.336 e. The van der Waals surface area contributed by atoms with E-state index in [0.29, 0.717) is 24.2 Å². The van der Waals surface area contributed by atoms with Gasteiger partial charge in [-0.25, -0.2) is 4.79 Å². The number of halogens is 1. The van der Waals surface area contributed by atoms with Crippen molar-refractivity contribution in [3.05, 3.63) is 56.8 Å². The van der Waals surface area contributed by atoms with Crippen LogP contribution in [0, 0.1) is 5.41 Å². The fourth-order valence-corrected chi connectivity index (χ4v) is 4.51. The van der Waals surface area contributed by atoms with Gasteiger partial charge in [-0.15, -0.1) is 0 Å². The maximum atomic E-state index is 13.1. The van der Waals surface area contributed by atoms with Gasteiger partial charge in [-0.05, 0) is 36.8 Å². The quantitative estimate of drug-likeness (QED) is 0.680. The lowest BCUT2D eigenvalue weighted by Crippen LogP contribution is -2.38. The van der Waals surface area contributed by atoms with Gasteiger partial charge in [0.25, 0.3) is 0 Å². The maximum absolute atomic E-state index is 13.1. The van der Waals surface area contributed by atoms with Gasteiger partial charge in [0.05, 0.1) is 12.2 Å². The molecule has 0 amide bonds. The summed E-state index contributed by atoms with van der Waals surface area (Å²) >= 11 is 3.61. The lowest BCUT2D eigenvalue weighted by Gasteiger charge is -2.39. The van der Waals surface area contributed by atoms with Crippen molar-refractivity contribution in [1.82, 2.24) is 5.32 Å². The fraction of sp³-hybridized carbons (Fsp3) is 0.455. The number of hydrogen-bond donors (Lipinski definition) is 1. The summed E-state index contributed by atoms with van der Waals surface area (Å²) in [7, 11) is 0. The van der Waals surface area contributed by atoms with Gasteiger partial charge < -0.3 is 10.1 Å². The Balaban J connectivity index is 2.16. The topological polar surface area (TPSA) is 55.4 Å². The molecular formula is C22H26BrNO3.